The van der Waals surface area contributed by atoms with E-state index in [0.717, 1.165) is 18.6 Å². The van der Waals surface area contributed by atoms with Crippen molar-refractivity contribution in [1.29, 1.82) is 0 Å². The Morgan fingerprint density at radius 3 is 2.62 bits per heavy atom. The van der Waals surface area contributed by atoms with Crippen molar-refractivity contribution < 1.29 is 4.42 Å². The highest BCUT2D eigenvalue weighted by Crippen LogP contribution is 2.20. The average Bonchev–Trinajstić information content (AvgIpc) is 2.47. The lowest BCUT2D eigenvalue weighted by molar-refractivity contribution is 0.448. The molecule has 0 aliphatic heterocycles. The maximum Gasteiger partial charge on any atom is 0.193 e. The fraction of sp³-hybridized carbons (Fsp3) is 0.500. The summed E-state index contributed by atoms with van der Waals surface area (Å²) in [4.78, 5) is 0. The number of halogens is 2. The number of hydrogen-bond acceptors (Lipinski definition) is 3. The minimum absolute atomic E-state index is 0. The number of nitrogens with two attached hydrogens (primary N) is 2. The van der Waals surface area contributed by atoms with Gasteiger partial charge in [0.25, 0.3) is 0 Å². The van der Waals surface area contributed by atoms with Crippen LogP contribution in [-0.4, -0.2) is 6.54 Å². The van der Waals surface area contributed by atoms with Crippen LogP contribution in [0.2, 0.25) is 5.22 Å². The molecular weight excluding hydrogens is 211 g/mol. The highest BCUT2D eigenvalue weighted by molar-refractivity contribution is 6.28. The molecule has 0 unspecified atom stereocenters. The summed E-state index contributed by atoms with van der Waals surface area (Å²) in [6.07, 6.45) is 1.74. The molecule has 0 spiro atoms. The lowest BCUT2D eigenvalue weighted by Crippen LogP contribution is -2.11. The molecule has 3 nitrogen and oxygen atoms in total. The van der Waals surface area contributed by atoms with Crippen molar-refractivity contribution in [2.75, 3.05) is 6.54 Å². The van der Waals surface area contributed by atoms with Gasteiger partial charge in [-0.05, 0) is 43.1 Å². The van der Waals surface area contributed by atoms with Crippen LogP contribution in [0.4, 0.5) is 0 Å². The van der Waals surface area contributed by atoms with Crippen molar-refractivity contribution in [1.82, 2.24) is 0 Å². The zero-order valence-corrected chi connectivity index (χ0v) is 8.77. The summed E-state index contributed by atoms with van der Waals surface area (Å²) in [6, 6.07) is 3.41. The largest absolute Gasteiger partial charge is 0.448 e. The van der Waals surface area contributed by atoms with E-state index in [1.54, 1.807) is 12.1 Å². The van der Waals surface area contributed by atoms with E-state index in [-0.39, 0.29) is 18.4 Å². The molecule has 1 rings (SSSR count). The molecule has 0 aliphatic carbocycles. The molecule has 0 amide bonds. The van der Waals surface area contributed by atoms with Crippen molar-refractivity contribution in [2.24, 2.45) is 11.5 Å². The molecule has 1 aromatic rings. The first-order valence-electron chi connectivity index (χ1n) is 3.95. The molecule has 1 aromatic heterocycles. The van der Waals surface area contributed by atoms with Crippen LogP contribution in [0.15, 0.2) is 16.5 Å². The second-order valence-electron chi connectivity index (χ2n) is 2.68. The second kappa shape index (κ2) is 6.27. The van der Waals surface area contributed by atoms with Crippen LogP contribution in [0, 0.1) is 0 Å². The van der Waals surface area contributed by atoms with Crippen LogP contribution in [0.3, 0.4) is 0 Å². The third-order valence-corrected chi connectivity index (χ3v) is 1.88. The summed E-state index contributed by atoms with van der Waals surface area (Å²) < 4.78 is 5.14. The van der Waals surface area contributed by atoms with Gasteiger partial charge in [0.15, 0.2) is 5.22 Å². The van der Waals surface area contributed by atoms with Gasteiger partial charge in [-0.3, -0.25) is 0 Å². The van der Waals surface area contributed by atoms with Crippen molar-refractivity contribution in [3.8, 4) is 0 Å². The SMILES string of the molecule is Cl.NCCC[C@@H](N)c1ccc(Cl)o1. The Hall–Kier alpha value is -0.220. The molecule has 0 saturated heterocycles. The van der Waals surface area contributed by atoms with Gasteiger partial charge in [-0.25, -0.2) is 0 Å². The quantitative estimate of drug-likeness (QED) is 0.824. The molecule has 0 saturated carbocycles. The van der Waals surface area contributed by atoms with Crippen molar-refractivity contribution >= 4 is 24.0 Å². The topological polar surface area (TPSA) is 65.2 Å². The van der Waals surface area contributed by atoms with Crippen LogP contribution in [0.1, 0.15) is 24.6 Å². The zero-order valence-electron chi connectivity index (χ0n) is 7.20. The molecule has 1 heterocycles. The zero-order chi connectivity index (χ0) is 8.97. The maximum atomic E-state index is 5.79. The Balaban J connectivity index is 0.00000144. The molecule has 0 aromatic carbocycles. The van der Waals surface area contributed by atoms with Gasteiger partial charge in [0, 0.05) is 0 Å². The van der Waals surface area contributed by atoms with E-state index in [0.29, 0.717) is 11.8 Å². The van der Waals surface area contributed by atoms with Gasteiger partial charge in [-0.1, -0.05) is 0 Å². The first-order chi connectivity index (χ1) is 5.74. The van der Waals surface area contributed by atoms with Crippen LogP contribution in [0.5, 0.6) is 0 Å². The van der Waals surface area contributed by atoms with Gasteiger partial charge in [-0.2, -0.15) is 0 Å². The summed E-state index contributed by atoms with van der Waals surface area (Å²) in [7, 11) is 0. The lowest BCUT2D eigenvalue weighted by Gasteiger charge is -2.06. The second-order valence-corrected chi connectivity index (χ2v) is 3.05. The van der Waals surface area contributed by atoms with E-state index in [2.05, 4.69) is 0 Å². The fourth-order valence-corrected chi connectivity index (χ4v) is 1.16. The standard InChI is InChI=1S/C8H13ClN2O.ClH/c9-8-4-3-7(12-8)6(11)2-1-5-10;/h3-4,6H,1-2,5,10-11H2;1H/t6-;/m1./s1. The third-order valence-electron chi connectivity index (χ3n) is 1.68. The van der Waals surface area contributed by atoms with E-state index in [9.17, 15) is 0 Å². The molecule has 0 bridgehead atoms. The summed E-state index contributed by atoms with van der Waals surface area (Å²) in [5.74, 6) is 0.730. The van der Waals surface area contributed by atoms with Crippen LogP contribution < -0.4 is 11.5 Å². The first-order valence-corrected chi connectivity index (χ1v) is 4.32. The smallest absolute Gasteiger partial charge is 0.193 e. The summed E-state index contributed by atoms with van der Waals surface area (Å²) in [6.45, 7) is 0.655. The number of rotatable bonds is 4. The van der Waals surface area contributed by atoms with Crippen LogP contribution >= 0.6 is 24.0 Å². The summed E-state index contributed by atoms with van der Waals surface area (Å²) >= 11 is 5.59. The molecule has 1 atom stereocenters. The normalized spacial score (nSPS) is 12.2. The van der Waals surface area contributed by atoms with Gasteiger partial charge >= 0.3 is 0 Å². The number of furan rings is 1. The van der Waals surface area contributed by atoms with Gasteiger partial charge in [0.05, 0.1) is 6.04 Å². The Kier molecular flexibility index (Phi) is 6.16. The lowest BCUT2D eigenvalue weighted by atomic mass is 10.1. The first kappa shape index (κ1) is 12.8. The van der Waals surface area contributed by atoms with Crippen molar-refractivity contribution in [3.63, 3.8) is 0 Å². The van der Waals surface area contributed by atoms with Gasteiger partial charge in [-0.15, -0.1) is 12.4 Å². The Labute approximate surface area is 88.8 Å². The summed E-state index contributed by atoms with van der Waals surface area (Å²) in [5.41, 5.74) is 11.1. The minimum Gasteiger partial charge on any atom is -0.448 e. The minimum atomic E-state index is -0.0824. The average molecular weight is 225 g/mol. The molecule has 76 valence electrons. The molecule has 5 heteroatoms. The van der Waals surface area contributed by atoms with Crippen molar-refractivity contribution in [2.45, 2.75) is 18.9 Å². The van der Waals surface area contributed by atoms with Crippen LogP contribution in [0.25, 0.3) is 0 Å². The fourth-order valence-electron chi connectivity index (χ4n) is 1.01. The Bertz CT molecular complexity index is 240. The van der Waals surface area contributed by atoms with E-state index < -0.39 is 0 Å². The summed E-state index contributed by atoms with van der Waals surface area (Å²) in [5, 5.41) is 0.383. The Morgan fingerprint density at radius 1 is 1.46 bits per heavy atom. The molecule has 4 N–H and O–H groups in total. The molecule has 0 fully saturated rings. The van der Waals surface area contributed by atoms with E-state index in [4.69, 9.17) is 27.5 Å². The molecular formula is C8H14Cl2N2O. The predicted molar refractivity (Wildman–Crippen MR) is 56.2 cm³/mol. The van der Waals surface area contributed by atoms with Crippen molar-refractivity contribution in [3.05, 3.63) is 23.1 Å². The number of hydrogen-bond donors (Lipinski definition) is 2. The van der Waals surface area contributed by atoms with E-state index in [1.807, 2.05) is 0 Å². The predicted octanol–water partition coefficient (Wildman–Crippen LogP) is 2.09. The highest BCUT2D eigenvalue weighted by atomic mass is 35.5. The molecule has 0 radical (unpaired) electrons. The van der Waals surface area contributed by atoms with Gasteiger partial charge in [0.1, 0.15) is 5.76 Å². The Morgan fingerprint density at radius 2 is 2.15 bits per heavy atom. The monoisotopic (exact) mass is 224 g/mol. The van der Waals surface area contributed by atoms with Gasteiger partial charge in [0.2, 0.25) is 0 Å². The van der Waals surface area contributed by atoms with Gasteiger partial charge < -0.3 is 15.9 Å². The van der Waals surface area contributed by atoms with Crippen LogP contribution in [-0.2, 0) is 0 Å². The van der Waals surface area contributed by atoms with E-state index >= 15 is 0 Å². The highest BCUT2D eigenvalue weighted by Gasteiger charge is 2.09. The third kappa shape index (κ3) is 4.00. The molecule has 13 heavy (non-hydrogen) atoms. The van der Waals surface area contributed by atoms with E-state index in [1.165, 1.54) is 0 Å². The molecule has 0 aliphatic rings. The maximum absolute atomic E-state index is 5.79.